The van der Waals surface area contributed by atoms with E-state index in [1.165, 1.54) is 0 Å². The Morgan fingerprint density at radius 1 is 1.69 bits per heavy atom. The standard InChI is InChI=1S/C9H17NO3/c1-2-13-9(12)8-5-7(3-4-11)6-10-8/h7-8,10-11H,2-6H2,1H3/t7-,8-/m0/s1. The van der Waals surface area contributed by atoms with E-state index >= 15 is 0 Å². The number of rotatable bonds is 4. The van der Waals surface area contributed by atoms with Crippen LogP contribution in [0.15, 0.2) is 0 Å². The Balaban J connectivity index is 2.27. The lowest BCUT2D eigenvalue weighted by atomic mass is 10.0. The SMILES string of the molecule is CCOC(=O)[C@@H]1C[C@H](CCO)CN1. The first kappa shape index (κ1) is 10.5. The summed E-state index contributed by atoms with van der Waals surface area (Å²) in [6, 6.07) is -0.156. The van der Waals surface area contributed by atoms with Crippen LogP contribution in [0, 0.1) is 5.92 Å². The third-order valence-corrected chi connectivity index (χ3v) is 2.33. The second-order valence-electron chi connectivity index (χ2n) is 3.33. The predicted molar refractivity (Wildman–Crippen MR) is 48.2 cm³/mol. The number of hydrogen-bond acceptors (Lipinski definition) is 4. The van der Waals surface area contributed by atoms with Gasteiger partial charge in [0.15, 0.2) is 0 Å². The Labute approximate surface area is 78.3 Å². The highest BCUT2D eigenvalue weighted by Gasteiger charge is 2.29. The zero-order valence-corrected chi connectivity index (χ0v) is 7.95. The van der Waals surface area contributed by atoms with Crippen molar-refractivity contribution < 1.29 is 14.6 Å². The molecule has 0 spiro atoms. The molecule has 0 saturated carbocycles. The van der Waals surface area contributed by atoms with E-state index in [1.54, 1.807) is 6.92 Å². The Hall–Kier alpha value is -0.610. The minimum absolute atomic E-state index is 0.156. The minimum Gasteiger partial charge on any atom is -0.465 e. The fraction of sp³-hybridized carbons (Fsp3) is 0.889. The molecule has 0 unspecified atom stereocenters. The highest BCUT2D eigenvalue weighted by molar-refractivity contribution is 5.76. The van der Waals surface area contributed by atoms with Gasteiger partial charge in [0.05, 0.1) is 6.61 Å². The molecule has 0 amide bonds. The fourth-order valence-electron chi connectivity index (χ4n) is 1.63. The van der Waals surface area contributed by atoms with Gasteiger partial charge in [0, 0.05) is 6.61 Å². The van der Waals surface area contributed by atoms with Crippen LogP contribution >= 0.6 is 0 Å². The Bertz CT molecular complexity index is 172. The molecular formula is C9H17NO3. The number of carbonyl (C=O) groups excluding carboxylic acids is 1. The highest BCUT2D eigenvalue weighted by atomic mass is 16.5. The molecule has 0 aliphatic carbocycles. The van der Waals surface area contributed by atoms with Gasteiger partial charge in [-0.25, -0.2) is 0 Å². The summed E-state index contributed by atoms with van der Waals surface area (Å²) in [5, 5.41) is 11.8. The van der Waals surface area contributed by atoms with Crippen molar-refractivity contribution in [3.8, 4) is 0 Å². The molecule has 0 bridgehead atoms. The van der Waals surface area contributed by atoms with Crippen LogP contribution in [0.2, 0.25) is 0 Å². The van der Waals surface area contributed by atoms with E-state index in [4.69, 9.17) is 9.84 Å². The molecule has 0 radical (unpaired) electrons. The van der Waals surface area contributed by atoms with Gasteiger partial charge in [0.25, 0.3) is 0 Å². The van der Waals surface area contributed by atoms with Crippen molar-refractivity contribution in [3.05, 3.63) is 0 Å². The van der Waals surface area contributed by atoms with Gasteiger partial charge < -0.3 is 15.2 Å². The number of ether oxygens (including phenoxy) is 1. The van der Waals surface area contributed by atoms with Gasteiger partial charge in [-0.15, -0.1) is 0 Å². The van der Waals surface area contributed by atoms with Crippen LogP contribution in [0.25, 0.3) is 0 Å². The molecule has 0 aromatic heterocycles. The summed E-state index contributed by atoms with van der Waals surface area (Å²) in [4.78, 5) is 11.2. The van der Waals surface area contributed by atoms with E-state index in [2.05, 4.69) is 5.32 Å². The monoisotopic (exact) mass is 187 g/mol. The lowest BCUT2D eigenvalue weighted by molar-refractivity contribution is -0.145. The number of esters is 1. The first-order valence-corrected chi connectivity index (χ1v) is 4.78. The Kier molecular flexibility index (Phi) is 4.18. The van der Waals surface area contributed by atoms with Gasteiger partial charge in [-0.1, -0.05) is 0 Å². The van der Waals surface area contributed by atoms with Crippen LogP contribution in [0.1, 0.15) is 19.8 Å². The summed E-state index contributed by atoms with van der Waals surface area (Å²) < 4.78 is 4.89. The zero-order chi connectivity index (χ0) is 9.68. The van der Waals surface area contributed by atoms with E-state index < -0.39 is 0 Å². The summed E-state index contributed by atoms with van der Waals surface area (Å²) >= 11 is 0. The molecule has 1 fully saturated rings. The van der Waals surface area contributed by atoms with Crippen LogP contribution in [-0.2, 0) is 9.53 Å². The predicted octanol–water partition coefficient (Wildman–Crippen LogP) is -0.0900. The molecule has 1 heterocycles. The molecule has 0 aromatic carbocycles. The van der Waals surface area contributed by atoms with Gasteiger partial charge in [-0.2, -0.15) is 0 Å². The van der Waals surface area contributed by atoms with Crippen molar-refractivity contribution >= 4 is 5.97 Å². The molecule has 13 heavy (non-hydrogen) atoms. The number of carbonyl (C=O) groups is 1. The molecule has 1 saturated heterocycles. The lowest BCUT2D eigenvalue weighted by Gasteiger charge is -2.08. The molecule has 4 heteroatoms. The topological polar surface area (TPSA) is 58.6 Å². The normalized spacial score (nSPS) is 27.5. The summed E-state index contributed by atoms with van der Waals surface area (Å²) in [5.41, 5.74) is 0. The lowest BCUT2D eigenvalue weighted by Crippen LogP contribution is -2.32. The fourth-order valence-corrected chi connectivity index (χ4v) is 1.63. The minimum atomic E-state index is -0.164. The average molecular weight is 187 g/mol. The molecule has 1 aliphatic heterocycles. The summed E-state index contributed by atoms with van der Waals surface area (Å²) in [7, 11) is 0. The maximum Gasteiger partial charge on any atom is 0.323 e. The van der Waals surface area contributed by atoms with Gasteiger partial charge in [0.2, 0.25) is 0 Å². The van der Waals surface area contributed by atoms with Gasteiger partial charge >= 0.3 is 5.97 Å². The first-order chi connectivity index (χ1) is 6.27. The first-order valence-electron chi connectivity index (χ1n) is 4.78. The molecule has 1 aliphatic rings. The van der Waals surface area contributed by atoms with Crippen LogP contribution in [-0.4, -0.2) is 36.9 Å². The highest BCUT2D eigenvalue weighted by Crippen LogP contribution is 2.17. The molecular weight excluding hydrogens is 170 g/mol. The van der Waals surface area contributed by atoms with Crippen molar-refractivity contribution in [2.45, 2.75) is 25.8 Å². The maximum absolute atomic E-state index is 11.2. The van der Waals surface area contributed by atoms with Gasteiger partial charge in [0.1, 0.15) is 6.04 Å². The Morgan fingerprint density at radius 3 is 3.08 bits per heavy atom. The molecule has 4 nitrogen and oxygen atoms in total. The van der Waals surface area contributed by atoms with Crippen LogP contribution in [0.5, 0.6) is 0 Å². The van der Waals surface area contributed by atoms with Crippen molar-refractivity contribution in [2.24, 2.45) is 5.92 Å². The number of hydrogen-bond donors (Lipinski definition) is 2. The summed E-state index contributed by atoms with van der Waals surface area (Å²) in [5.74, 6) is 0.252. The van der Waals surface area contributed by atoms with Crippen molar-refractivity contribution in [1.82, 2.24) is 5.32 Å². The van der Waals surface area contributed by atoms with E-state index in [1.807, 2.05) is 0 Å². The van der Waals surface area contributed by atoms with Gasteiger partial charge in [-0.05, 0) is 32.2 Å². The van der Waals surface area contributed by atoms with Crippen LogP contribution in [0.4, 0.5) is 0 Å². The van der Waals surface area contributed by atoms with Crippen molar-refractivity contribution in [1.29, 1.82) is 0 Å². The second-order valence-corrected chi connectivity index (χ2v) is 3.33. The maximum atomic E-state index is 11.2. The van der Waals surface area contributed by atoms with Gasteiger partial charge in [-0.3, -0.25) is 4.79 Å². The Morgan fingerprint density at radius 2 is 2.46 bits per heavy atom. The van der Waals surface area contributed by atoms with Crippen LogP contribution < -0.4 is 5.32 Å². The van der Waals surface area contributed by atoms with Crippen molar-refractivity contribution in [2.75, 3.05) is 19.8 Å². The molecule has 0 aromatic rings. The van der Waals surface area contributed by atoms with E-state index in [0.29, 0.717) is 12.5 Å². The molecule has 2 N–H and O–H groups in total. The molecule has 1 rings (SSSR count). The number of aliphatic hydroxyl groups is 1. The van der Waals surface area contributed by atoms with E-state index in [-0.39, 0.29) is 18.6 Å². The zero-order valence-electron chi connectivity index (χ0n) is 7.95. The summed E-state index contributed by atoms with van der Waals surface area (Å²) in [6.45, 7) is 3.24. The quantitative estimate of drug-likeness (QED) is 0.604. The second kappa shape index (κ2) is 5.19. The van der Waals surface area contributed by atoms with E-state index in [9.17, 15) is 4.79 Å². The third kappa shape index (κ3) is 2.97. The van der Waals surface area contributed by atoms with Crippen molar-refractivity contribution in [3.63, 3.8) is 0 Å². The average Bonchev–Trinajstić information content (AvgIpc) is 2.54. The molecule has 2 atom stereocenters. The largest absolute Gasteiger partial charge is 0.465 e. The van der Waals surface area contributed by atoms with Crippen LogP contribution in [0.3, 0.4) is 0 Å². The molecule has 76 valence electrons. The number of aliphatic hydroxyl groups excluding tert-OH is 1. The van der Waals surface area contributed by atoms with E-state index in [0.717, 1.165) is 19.4 Å². The third-order valence-electron chi connectivity index (χ3n) is 2.33. The summed E-state index contributed by atoms with van der Waals surface area (Å²) in [6.07, 6.45) is 1.56. The smallest absolute Gasteiger partial charge is 0.323 e. The number of nitrogens with one attached hydrogen (secondary N) is 1.